The van der Waals surface area contributed by atoms with E-state index in [-0.39, 0.29) is 17.3 Å². The number of ether oxygens (including phenoxy) is 2. The Hall–Kier alpha value is -2.66. The third kappa shape index (κ3) is 5.87. The predicted molar refractivity (Wildman–Crippen MR) is 131 cm³/mol. The summed E-state index contributed by atoms with van der Waals surface area (Å²) in [5, 5.41) is 2.85. The second-order valence-electron chi connectivity index (χ2n) is 8.26. The van der Waals surface area contributed by atoms with E-state index < -0.39 is 10.0 Å². The molecular weight excluding hydrogens is 456 g/mol. The highest BCUT2D eigenvalue weighted by Gasteiger charge is 2.27. The van der Waals surface area contributed by atoms with Crippen molar-refractivity contribution in [2.75, 3.05) is 75.9 Å². The molecule has 184 valence electrons. The number of sulfonamides is 1. The van der Waals surface area contributed by atoms with Crippen LogP contribution in [0.2, 0.25) is 0 Å². The van der Waals surface area contributed by atoms with Gasteiger partial charge in [-0.15, -0.1) is 0 Å². The number of morpholine rings is 1. The van der Waals surface area contributed by atoms with Gasteiger partial charge in [-0.05, 0) is 37.3 Å². The van der Waals surface area contributed by atoms with Crippen molar-refractivity contribution in [1.82, 2.24) is 9.21 Å². The zero-order chi connectivity index (χ0) is 24.0. The minimum atomic E-state index is -3.61. The lowest BCUT2D eigenvalue weighted by atomic mass is 10.2. The lowest BCUT2D eigenvalue weighted by Crippen LogP contribution is -2.48. The van der Waals surface area contributed by atoms with E-state index in [0.717, 1.165) is 37.6 Å². The largest absolute Gasteiger partial charge is 0.492 e. The minimum absolute atomic E-state index is 0.163. The van der Waals surface area contributed by atoms with Crippen molar-refractivity contribution >= 4 is 27.3 Å². The van der Waals surface area contributed by atoms with Gasteiger partial charge in [0.1, 0.15) is 5.75 Å². The van der Waals surface area contributed by atoms with Crippen molar-refractivity contribution in [2.45, 2.75) is 11.8 Å². The maximum absolute atomic E-state index is 12.9. The molecule has 2 heterocycles. The molecule has 0 unspecified atom stereocenters. The van der Waals surface area contributed by atoms with E-state index in [1.54, 1.807) is 18.2 Å². The molecule has 2 aromatic carbocycles. The van der Waals surface area contributed by atoms with Crippen LogP contribution in [0.25, 0.3) is 0 Å². The SMILES string of the molecule is CCOc1ccccc1N1CCN(CC(=O)Nc2cccc(S(=O)(=O)N3CCOCC3)c2)CC1. The summed E-state index contributed by atoms with van der Waals surface area (Å²) in [4.78, 5) is 17.2. The average molecular weight is 489 g/mol. The molecule has 0 aromatic heterocycles. The molecule has 1 amide bonds. The number of amides is 1. The molecular formula is C24H32N4O5S. The Labute approximate surface area is 201 Å². The summed E-state index contributed by atoms with van der Waals surface area (Å²) >= 11 is 0. The average Bonchev–Trinajstić information content (AvgIpc) is 2.86. The molecule has 34 heavy (non-hydrogen) atoms. The smallest absolute Gasteiger partial charge is 0.243 e. The number of benzene rings is 2. The van der Waals surface area contributed by atoms with Crippen LogP contribution in [0.15, 0.2) is 53.4 Å². The van der Waals surface area contributed by atoms with Crippen molar-refractivity contribution in [1.29, 1.82) is 0 Å². The topological polar surface area (TPSA) is 91.4 Å². The van der Waals surface area contributed by atoms with Gasteiger partial charge in [0.2, 0.25) is 15.9 Å². The van der Waals surface area contributed by atoms with Crippen LogP contribution in [-0.2, 0) is 19.6 Å². The standard InChI is InChI=1S/C24H32N4O5S/c1-2-33-23-9-4-3-8-22(23)27-12-10-26(11-13-27)19-24(29)25-20-6-5-7-21(18-20)34(30,31)28-14-16-32-17-15-28/h3-9,18H,2,10-17,19H2,1H3,(H,25,29). The van der Waals surface area contributed by atoms with Gasteiger partial charge < -0.3 is 19.7 Å². The third-order valence-electron chi connectivity index (χ3n) is 5.97. The molecule has 2 aliphatic rings. The Balaban J connectivity index is 1.31. The van der Waals surface area contributed by atoms with Gasteiger partial charge in [-0.25, -0.2) is 8.42 Å². The maximum Gasteiger partial charge on any atom is 0.243 e. The molecule has 9 nitrogen and oxygen atoms in total. The lowest BCUT2D eigenvalue weighted by molar-refractivity contribution is -0.117. The van der Waals surface area contributed by atoms with Crippen LogP contribution in [0.1, 0.15) is 6.92 Å². The Bertz CT molecular complexity index is 1080. The number of nitrogens with zero attached hydrogens (tertiary/aromatic N) is 3. The van der Waals surface area contributed by atoms with E-state index in [4.69, 9.17) is 9.47 Å². The summed E-state index contributed by atoms with van der Waals surface area (Å²) in [5.41, 5.74) is 1.55. The Kier molecular flexibility index (Phi) is 8.04. The van der Waals surface area contributed by atoms with E-state index in [1.807, 2.05) is 25.1 Å². The number of carbonyl (C=O) groups excluding carboxylic acids is 1. The minimum Gasteiger partial charge on any atom is -0.492 e. The molecule has 0 spiro atoms. The molecule has 0 saturated carbocycles. The number of hydrogen-bond acceptors (Lipinski definition) is 7. The van der Waals surface area contributed by atoms with Gasteiger partial charge in [0.15, 0.2) is 0 Å². The number of para-hydroxylation sites is 2. The Morgan fingerprint density at radius 1 is 1.00 bits per heavy atom. The molecule has 0 bridgehead atoms. The molecule has 2 saturated heterocycles. The fourth-order valence-corrected chi connectivity index (χ4v) is 5.67. The van der Waals surface area contributed by atoms with Gasteiger partial charge in [-0.2, -0.15) is 4.31 Å². The fraction of sp³-hybridized carbons (Fsp3) is 0.458. The Morgan fingerprint density at radius 2 is 1.74 bits per heavy atom. The second-order valence-corrected chi connectivity index (χ2v) is 10.2. The van der Waals surface area contributed by atoms with Crippen LogP contribution in [-0.4, -0.2) is 89.2 Å². The summed E-state index contributed by atoms with van der Waals surface area (Å²) in [7, 11) is -3.61. The second kappa shape index (κ2) is 11.2. The van der Waals surface area contributed by atoms with Crippen molar-refractivity contribution in [3.63, 3.8) is 0 Å². The first-order valence-corrected chi connectivity index (χ1v) is 13.1. The zero-order valence-electron chi connectivity index (χ0n) is 19.5. The monoisotopic (exact) mass is 488 g/mol. The van der Waals surface area contributed by atoms with Crippen molar-refractivity contribution < 1.29 is 22.7 Å². The summed E-state index contributed by atoms with van der Waals surface area (Å²) in [6.45, 7) is 7.38. The van der Waals surface area contributed by atoms with E-state index in [0.29, 0.717) is 38.6 Å². The Morgan fingerprint density at radius 3 is 2.47 bits per heavy atom. The molecule has 0 radical (unpaired) electrons. The number of nitrogens with one attached hydrogen (secondary N) is 1. The van der Waals surface area contributed by atoms with E-state index >= 15 is 0 Å². The first-order chi connectivity index (χ1) is 16.5. The first-order valence-electron chi connectivity index (χ1n) is 11.6. The number of anilines is 2. The van der Waals surface area contributed by atoms with Crippen LogP contribution >= 0.6 is 0 Å². The quantitative estimate of drug-likeness (QED) is 0.607. The fourth-order valence-electron chi connectivity index (χ4n) is 4.22. The van der Waals surface area contributed by atoms with Gasteiger partial charge in [0.25, 0.3) is 0 Å². The summed E-state index contributed by atoms with van der Waals surface area (Å²) in [6, 6.07) is 14.4. The van der Waals surface area contributed by atoms with Crippen LogP contribution in [0.5, 0.6) is 5.75 Å². The highest BCUT2D eigenvalue weighted by atomic mass is 32.2. The number of rotatable bonds is 8. The summed E-state index contributed by atoms with van der Waals surface area (Å²) in [6.07, 6.45) is 0. The van der Waals surface area contributed by atoms with E-state index in [2.05, 4.69) is 21.2 Å². The van der Waals surface area contributed by atoms with Crippen LogP contribution in [0, 0.1) is 0 Å². The molecule has 2 aromatic rings. The van der Waals surface area contributed by atoms with Gasteiger partial charge in [-0.3, -0.25) is 9.69 Å². The highest BCUT2D eigenvalue weighted by Crippen LogP contribution is 2.28. The van der Waals surface area contributed by atoms with Gasteiger partial charge >= 0.3 is 0 Å². The summed E-state index contributed by atoms with van der Waals surface area (Å²) in [5.74, 6) is 0.715. The normalized spacial score (nSPS) is 18.0. The number of carbonyl (C=O) groups is 1. The highest BCUT2D eigenvalue weighted by molar-refractivity contribution is 7.89. The van der Waals surface area contributed by atoms with Gasteiger partial charge in [-0.1, -0.05) is 18.2 Å². The van der Waals surface area contributed by atoms with Crippen molar-refractivity contribution in [2.24, 2.45) is 0 Å². The van der Waals surface area contributed by atoms with Crippen molar-refractivity contribution in [3.05, 3.63) is 48.5 Å². The van der Waals surface area contributed by atoms with Gasteiger partial charge in [0.05, 0.1) is 36.9 Å². The number of hydrogen-bond donors (Lipinski definition) is 1. The predicted octanol–water partition coefficient (Wildman–Crippen LogP) is 1.87. The van der Waals surface area contributed by atoms with E-state index in [9.17, 15) is 13.2 Å². The first kappa shape index (κ1) is 24.5. The number of piperazine rings is 1. The molecule has 0 atom stereocenters. The molecule has 10 heteroatoms. The third-order valence-corrected chi connectivity index (χ3v) is 7.87. The molecule has 4 rings (SSSR count). The molecule has 2 aliphatic heterocycles. The molecule has 2 fully saturated rings. The summed E-state index contributed by atoms with van der Waals surface area (Å²) < 4.78 is 38.2. The molecule has 0 aliphatic carbocycles. The molecule has 1 N–H and O–H groups in total. The maximum atomic E-state index is 12.9. The lowest BCUT2D eigenvalue weighted by Gasteiger charge is -2.36. The van der Waals surface area contributed by atoms with Crippen LogP contribution in [0.4, 0.5) is 11.4 Å². The van der Waals surface area contributed by atoms with Crippen LogP contribution in [0.3, 0.4) is 0 Å². The zero-order valence-corrected chi connectivity index (χ0v) is 20.3. The van der Waals surface area contributed by atoms with Crippen LogP contribution < -0.4 is 15.0 Å². The van der Waals surface area contributed by atoms with E-state index in [1.165, 1.54) is 10.4 Å². The van der Waals surface area contributed by atoms with Gasteiger partial charge in [0, 0.05) is 45.0 Å². The van der Waals surface area contributed by atoms with Crippen molar-refractivity contribution in [3.8, 4) is 5.75 Å².